The molecule has 0 spiro atoms. The average molecular weight is 751 g/mol. The zero-order valence-corrected chi connectivity index (χ0v) is 31.9. The number of hydrogen-bond donors (Lipinski definition) is 0. The van der Waals surface area contributed by atoms with Crippen molar-refractivity contribution in [2.24, 2.45) is 0 Å². The van der Waals surface area contributed by atoms with Crippen LogP contribution in [0, 0.1) is 17.5 Å². The monoisotopic (exact) mass is 750 g/mol. The Bertz CT molecular complexity index is 1730. The van der Waals surface area contributed by atoms with Gasteiger partial charge in [0.2, 0.25) is 0 Å². The van der Waals surface area contributed by atoms with Crippen molar-refractivity contribution in [2.75, 3.05) is 18.6 Å². The fourth-order valence-electron chi connectivity index (χ4n) is 7.01. The van der Waals surface area contributed by atoms with Crippen molar-refractivity contribution in [2.45, 2.75) is 120 Å². The van der Waals surface area contributed by atoms with Crippen molar-refractivity contribution in [3.63, 3.8) is 0 Å². The number of carbonyl (C=O) groups is 1. The minimum absolute atomic E-state index is 0.0165. The first kappa shape index (κ1) is 37.9. The van der Waals surface area contributed by atoms with E-state index in [2.05, 4.69) is 44.2 Å². The summed E-state index contributed by atoms with van der Waals surface area (Å²) in [5.41, 5.74) is 0.662. The van der Waals surface area contributed by atoms with Gasteiger partial charge in [0.15, 0.2) is 37.7 Å². The number of halogens is 4. The van der Waals surface area contributed by atoms with Gasteiger partial charge in [-0.1, -0.05) is 43.7 Å². The molecule has 278 valence electrons. The predicted molar refractivity (Wildman–Crippen MR) is 187 cm³/mol. The first-order valence-electron chi connectivity index (χ1n) is 17.2. The molecule has 15 heteroatoms. The summed E-state index contributed by atoms with van der Waals surface area (Å²) in [7, 11) is -0.762. The molecule has 0 radical (unpaired) electrons. The van der Waals surface area contributed by atoms with Gasteiger partial charge in [0.05, 0.1) is 24.9 Å². The topological polar surface area (TPSA) is 97.2 Å². The molecule has 1 aromatic heterocycles. The first-order valence-corrected chi connectivity index (χ1v) is 20.5. The molecular formula is C36H46ClF3N4O6Si. The van der Waals surface area contributed by atoms with Crippen LogP contribution in [0.25, 0.3) is 11.3 Å². The summed E-state index contributed by atoms with van der Waals surface area (Å²) >= 11 is 6.51. The van der Waals surface area contributed by atoms with E-state index in [1.54, 1.807) is 36.9 Å². The van der Waals surface area contributed by atoms with E-state index in [4.69, 9.17) is 35.0 Å². The number of ether oxygens (including phenoxy) is 4. The highest BCUT2D eigenvalue weighted by atomic mass is 35.5. The third kappa shape index (κ3) is 7.51. The standard InChI is InChI=1S/C36H46ClF3N4O6Si/c1-35(2,3)51(7,8)50-27-14-10-13-26(27)44(22-12-9-11-21(37)17-22)34(45)33-32(46-6)30(31-28(48-33)19-47-36(4,5)49-31)43-18-25(41-42-43)20-15-23(38)29(40)24(39)16-20/h9,11-12,15-18,26-28,30-33H,10,13-14,19H2,1-8H3/t26-,27-,28+,30-,31-,32+,33+/m0/s1. The van der Waals surface area contributed by atoms with Crippen molar-refractivity contribution in [1.82, 2.24) is 15.0 Å². The Labute approximate surface area is 302 Å². The molecule has 7 atom stereocenters. The van der Waals surface area contributed by atoms with Crippen molar-refractivity contribution >= 4 is 31.5 Å². The zero-order valence-electron chi connectivity index (χ0n) is 30.2. The summed E-state index contributed by atoms with van der Waals surface area (Å²) in [5.74, 6) is -5.68. The minimum Gasteiger partial charge on any atom is -0.412 e. The van der Waals surface area contributed by atoms with E-state index in [9.17, 15) is 13.2 Å². The maximum Gasteiger partial charge on any atom is 0.259 e. The first-order chi connectivity index (χ1) is 23.9. The van der Waals surface area contributed by atoms with Crippen LogP contribution in [-0.2, 0) is 28.2 Å². The molecule has 0 bridgehead atoms. The Morgan fingerprint density at radius 1 is 1.12 bits per heavy atom. The number of rotatable bonds is 8. The molecule has 0 unspecified atom stereocenters. The Morgan fingerprint density at radius 3 is 2.47 bits per heavy atom. The maximum absolute atomic E-state index is 15.2. The lowest BCUT2D eigenvalue weighted by molar-refractivity contribution is -0.346. The van der Waals surface area contributed by atoms with Gasteiger partial charge in [-0.3, -0.25) is 4.79 Å². The van der Waals surface area contributed by atoms with Gasteiger partial charge in [0, 0.05) is 23.4 Å². The molecule has 2 aliphatic heterocycles. The molecule has 51 heavy (non-hydrogen) atoms. The lowest BCUT2D eigenvalue weighted by atomic mass is 9.90. The third-order valence-corrected chi connectivity index (χ3v) is 15.4. The summed E-state index contributed by atoms with van der Waals surface area (Å²) in [5, 5.41) is 8.89. The molecule has 6 rings (SSSR count). The predicted octanol–water partition coefficient (Wildman–Crippen LogP) is 7.47. The molecule has 1 saturated carbocycles. The van der Waals surface area contributed by atoms with Gasteiger partial charge in [0.1, 0.15) is 30.0 Å². The Morgan fingerprint density at radius 2 is 1.82 bits per heavy atom. The number of carbonyl (C=O) groups excluding carboxylic acids is 1. The number of methoxy groups -OCH3 is 1. The molecule has 3 aliphatic rings. The fourth-order valence-corrected chi connectivity index (χ4v) is 8.58. The molecule has 1 aliphatic carbocycles. The van der Waals surface area contributed by atoms with Crippen molar-refractivity contribution < 1.29 is 41.3 Å². The maximum atomic E-state index is 15.2. The summed E-state index contributed by atoms with van der Waals surface area (Å²) in [4.78, 5) is 16.9. The minimum atomic E-state index is -2.23. The van der Waals surface area contributed by atoms with Crippen LogP contribution < -0.4 is 4.90 Å². The molecule has 1 amide bonds. The second-order valence-electron chi connectivity index (χ2n) is 15.5. The number of aromatic nitrogens is 3. The Hall–Kier alpha value is -2.85. The van der Waals surface area contributed by atoms with Crippen LogP contribution in [0.4, 0.5) is 18.9 Å². The summed E-state index contributed by atoms with van der Waals surface area (Å²) in [6, 6.07) is 7.71. The normalized spacial score (nSPS) is 28.0. The number of benzene rings is 2. The summed E-state index contributed by atoms with van der Waals surface area (Å²) < 4.78 is 75.7. The van der Waals surface area contributed by atoms with Crippen molar-refractivity contribution in [1.29, 1.82) is 0 Å². The quantitative estimate of drug-likeness (QED) is 0.173. The van der Waals surface area contributed by atoms with Crippen LogP contribution in [0.2, 0.25) is 23.2 Å². The van der Waals surface area contributed by atoms with E-state index >= 15 is 4.79 Å². The van der Waals surface area contributed by atoms with Gasteiger partial charge in [-0.05, 0) is 81.6 Å². The molecule has 10 nitrogen and oxygen atoms in total. The molecule has 3 aromatic rings. The molecule has 2 aromatic carbocycles. The Balaban J connectivity index is 1.41. The van der Waals surface area contributed by atoms with Crippen LogP contribution in [0.3, 0.4) is 0 Å². The van der Waals surface area contributed by atoms with Gasteiger partial charge in [0.25, 0.3) is 5.91 Å². The highest BCUT2D eigenvalue weighted by Gasteiger charge is 2.56. The van der Waals surface area contributed by atoms with Crippen molar-refractivity contribution in [3.05, 3.63) is 65.1 Å². The van der Waals surface area contributed by atoms with E-state index in [0.717, 1.165) is 25.0 Å². The lowest BCUT2D eigenvalue weighted by Crippen LogP contribution is -2.66. The SMILES string of the molecule is CO[C@@H]1[C@@H](n2cc(-c3cc(F)c(F)c(F)c3)nn2)[C@H]2OC(C)(C)OC[C@H]2O[C@H]1C(=O)N(c1cccc(Cl)c1)[C@H]1CCC[C@@H]1O[Si](C)(C)C(C)(C)C. The number of hydrogen-bond acceptors (Lipinski definition) is 8. The van der Waals surface area contributed by atoms with Gasteiger partial charge in [-0.15, -0.1) is 5.10 Å². The average Bonchev–Trinajstić information content (AvgIpc) is 3.72. The third-order valence-electron chi connectivity index (χ3n) is 10.6. The fraction of sp³-hybridized carbons (Fsp3) is 0.583. The number of anilines is 1. The molecule has 2 saturated heterocycles. The van der Waals surface area contributed by atoms with Gasteiger partial charge < -0.3 is 28.3 Å². The highest BCUT2D eigenvalue weighted by Crippen LogP contribution is 2.44. The second-order valence-corrected chi connectivity index (χ2v) is 20.7. The number of nitrogens with zero attached hydrogens (tertiary/aromatic N) is 4. The Kier molecular flexibility index (Phi) is 10.5. The van der Waals surface area contributed by atoms with Crippen LogP contribution in [0.15, 0.2) is 42.6 Å². The summed E-state index contributed by atoms with van der Waals surface area (Å²) in [6.45, 7) is 14.6. The van der Waals surface area contributed by atoms with Crippen molar-refractivity contribution in [3.8, 4) is 11.3 Å². The van der Waals surface area contributed by atoms with E-state index in [-0.39, 0.29) is 41.0 Å². The molecule has 3 fully saturated rings. The highest BCUT2D eigenvalue weighted by molar-refractivity contribution is 6.74. The van der Waals surface area contributed by atoms with E-state index in [1.165, 1.54) is 18.0 Å². The lowest BCUT2D eigenvalue weighted by Gasteiger charge is -2.51. The van der Waals surface area contributed by atoms with Gasteiger partial charge >= 0.3 is 0 Å². The van der Waals surface area contributed by atoms with Crippen LogP contribution in [0.5, 0.6) is 0 Å². The molecular weight excluding hydrogens is 705 g/mol. The van der Waals surface area contributed by atoms with Crippen LogP contribution in [-0.4, -0.2) is 85.3 Å². The largest absolute Gasteiger partial charge is 0.412 e. The molecule has 3 heterocycles. The summed E-state index contributed by atoms with van der Waals surface area (Å²) in [6.07, 6.45) is -0.0365. The van der Waals surface area contributed by atoms with E-state index < -0.39 is 62.0 Å². The number of amides is 1. The van der Waals surface area contributed by atoms with Crippen LogP contribution in [0.1, 0.15) is 59.9 Å². The zero-order chi connectivity index (χ0) is 37.0. The van der Waals surface area contributed by atoms with Gasteiger partial charge in [-0.25, -0.2) is 17.9 Å². The second kappa shape index (κ2) is 14.2. The smallest absolute Gasteiger partial charge is 0.259 e. The van der Waals surface area contributed by atoms with E-state index in [1.807, 2.05) is 6.07 Å². The molecule has 0 N–H and O–H groups in total. The van der Waals surface area contributed by atoms with E-state index in [0.29, 0.717) is 17.1 Å². The van der Waals surface area contributed by atoms with Gasteiger partial charge in [-0.2, -0.15) is 0 Å². The number of fused-ring (bicyclic) bond motifs is 1. The van der Waals surface area contributed by atoms with Crippen LogP contribution >= 0.6 is 11.6 Å².